The van der Waals surface area contributed by atoms with Crippen LogP contribution in [0.2, 0.25) is 5.02 Å². The molecule has 0 saturated heterocycles. The van der Waals surface area contributed by atoms with E-state index in [4.69, 9.17) is 21.1 Å². The van der Waals surface area contributed by atoms with Gasteiger partial charge in [-0.15, -0.1) is 0 Å². The van der Waals surface area contributed by atoms with Crippen LogP contribution in [0.3, 0.4) is 0 Å². The second-order valence-corrected chi connectivity index (χ2v) is 14.3. The Kier molecular flexibility index (Phi) is 7.15. The van der Waals surface area contributed by atoms with Crippen LogP contribution in [-0.4, -0.2) is 24.2 Å². The van der Waals surface area contributed by atoms with Crippen LogP contribution in [0.5, 0.6) is 5.75 Å². The molecule has 4 aliphatic carbocycles. The summed E-state index contributed by atoms with van der Waals surface area (Å²) in [5.41, 5.74) is 2.09. The maximum Gasteiger partial charge on any atom is 0.234 e. The van der Waals surface area contributed by atoms with Crippen LogP contribution >= 0.6 is 11.6 Å². The molecule has 1 heterocycles. The van der Waals surface area contributed by atoms with Gasteiger partial charge in [-0.05, 0) is 136 Å². The van der Waals surface area contributed by atoms with Gasteiger partial charge < -0.3 is 14.6 Å². The topological polar surface area (TPSA) is 59.0 Å². The number of methoxy groups -OCH3 is 1. The van der Waals surface area contributed by atoms with Crippen molar-refractivity contribution in [3.05, 3.63) is 94.0 Å². The van der Waals surface area contributed by atoms with E-state index in [1.54, 1.807) is 12.0 Å². The van der Waals surface area contributed by atoms with Crippen molar-refractivity contribution in [3.63, 3.8) is 0 Å². The minimum Gasteiger partial charge on any atom is -0.497 e. The van der Waals surface area contributed by atoms with Crippen molar-refractivity contribution in [1.82, 2.24) is 0 Å². The number of carbonyl (C=O) groups is 1. The fourth-order valence-electron chi connectivity index (χ4n) is 9.51. The highest BCUT2D eigenvalue weighted by Gasteiger charge is 2.55. The molecule has 226 valence electrons. The summed E-state index contributed by atoms with van der Waals surface area (Å²) in [5.74, 6) is 3.81. The Balaban J connectivity index is 1.32. The van der Waals surface area contributed by atoms with Gasteiger partial charge in [-0.2, -0.15) is 0 Å². The van der Waals surface area contributed by atoms with E-state index in [0.29, 0.717) is 22.6 Å². The third-order valence-corrected chi connectivity index (χ3v) is 11.1. The number of anilines is 1. The normalized spacial score (nSPS) is 30.8. The van der Waals surface area contributed by atoms with Crippen molar-refractivity contribution in [1.29, 1.82) is 0 Å². The molecule has 6 heteroatoms. The van der Waals surface area contributed by atoms with E-state index in [1.807, 2.05) is 87.5 Å². The van der Waals surface area contributed by atoms with Crippen molar-refractivity contribution < 1.29 is 19.4 Å². The molecule has 8 rings (SSSR count). The summed E-state index contributed by atoms with van der Waals surface area (Å²) >= 11 is 6.33. The molecule has 0 radical (unpaired) electrons. The molecule has 3 aromatic carbocycles. The summed E-state index contributed by atoms with van der Waals surface area (Å²) < 4.78 is 12.4. The minimum atomic E-state index is -1.22. The zero-order valence-electron chi connectivity index (χ0n) is 25.6. The Morgan fingerprint density at radius 3 is 2.14 bits per heavy atom. The highest BCUT2D eigenvalue weighted by Crippen LogP contribution is 2.60. The van der Waals surface area contributed by atoms with Gasteiger partial charge in [0, 0.05) is 21.8 Å². The summed E-state index contributed by atoms with van der Waals surface area (Å²) in [4.78, 5) is 16.0. The van der Waals surface area contributed by atoms with Crippen molar-refractivity contribution in [2.75, 3.05) is 12.0 Å². The number of carbonyl (C=O) groups excluding carboxylic acids is 1. The first-order valence-corrected chi connectivity index (χ1v) is 16.2. The van der Waals surface area contributed by atoms with E-state index in [1.165, 1.54) is 32.1 Å². The van der Waals surface area contributed by atoms with Gasteiger partial charge in [-0.25, -0.2) is 0 Å². The zero-order valence-corrected chi connectivity index (χ0v) is 26.3. The lowest BCUT2D eigenvalue weighted by Crippen LogP contribution is -2.57. The van der Waals surface area contributed by atoms with Crippen molar-refractivity contribution in [3.8, 4) is 5.75 Å². The number of nitrogens with zero attached hydrogens (tertiary/aromatic N) is 1. The van der Waals surface area contributed by atoms with E-state index in [0.717, 1.165) is 39.8 Å². The molecule has 4 bridgehead atoms. The van der Waals surface area contributed by atoms with Gasteiger partial charge in [-0.1, -0.05) is 35.9 Å². The Hall–Kier alpha value is -2.86. The molecule has 1 N–H and O–H groups in total. The van der Waals surface area contributed by atoms with Gasteiger partial charge in [0.2, 0.25) is 11.6 Å². The number of benzene rings is 3. The minimum absolute atomic E-state index is 0.0723. The number of ether oxygens (including phenoxy) is 2. The molecular formula is C37H42ClNO4. The second-order valence-electron chi connectivity index (χ2n) is 13.9. The van der Waals surface area contributed by atoms with E-state index < -0.39 is 11.3 Å². The quantitative estimate of drug-likeness (QED) is 0.300. The predicted molar refractivity (Wildman–Crippen MR) is 169 cm³/mol. The maximum atomic E-state index is 14.2. The Morgan fingerprint density at radius 2 is 1.56 bits per heavy atom. The molecule has 4 saturated carbocycles. The summed E-state index contributed by atoms with van der Waals surface area (Å²) in [5, 5.41) is 12.8. The van der Waals surface area contributed by atoms with Gasteiger partial charge in [0.25, 0.3) is 0 Å². The van der Waals surface area contributed by atoms with Crippen LogP contribution in [0.25, 0.3) is 0 Å². The predicted octanol–water partition coefficient (Wildman–Crippen LogP) is 7.84. The van der Waals surface area contributed by atoms with Crippen molar-refractivity contribution in [2.24, 2.45) is 29.6 Å². The monoisotopic (exact) mass is 599 g/mol. The number of rotatable bonds is 7. The summed E-state index contributed by atoms with van der Waals surface area (Å²) in [6, 6.07) is 21.5. The van der Waals surface area contributed by atoms with Crippen LogP contribution in [-0.2, 0) is 27.3 Å². The average molecular weight is 600 g/mol. The first-order chi connectivity index (χ1) is 20.6. The van der Waals surface area contributed by atoms with Crippen molar-refractivity contribution >= 4 is 23.2 Å². The van der Waals surface area contributed by atoms with Gasteiger partial charge in [0.15, 0.2) is 0 Å². The standard InChI is InChI=1S/C37H42ClNO4/c1-22(2)43-37(29-5-9-30(38)10-6-29)33-14-13-32(42-4)20-25(33)21-34(40)39(37)31-11-7-28(8-12-31)36(3,41)35-26-16-23-15-24(18-26)19-27(35)17-23/h5-14,20,22-24,26-27,35,41H,15-19,21H2,1-4H3/t23?,24?,26?,27?,35?,36?,37-/m0/s1. The van der Waals surface area contributed by atoms with Crippen molar-refractivity contribution in [2.45, 2.75) is 76.7 Å². The van der Waals surface area contributed by atoms with Gasteiger partial charge >= 0.3 is 0 Å². The molecule has 43 heavy (non-hydrogen) atoms. The molecule has 1 aliphatic heterocycles. The molecule has 0 spiro atoms. The summed E-state index contributed by atoms with van der Waals surface area (Å²) in [7, 11) is 1.63. The molecule has 1 unspecified atom stereocenters. The molecule has 1 amide bonds. The number of halogens is 1. The number of hydrogen-bond donors (Lipinski definition) is 1. The first kappa shape index (κ1) is 28.9. The number of amides is 1. The van der Waals surface area contributed by atoms with Crippen LogP contribution in [0, 0.1) is 29.6 Å². The second kappa shape index (κ2) is 10.6. The lowest BCUT2D eigenvalue weighted by Gasteiger charge is -2.58. The molecular weight excluding hydrogens is 558 g/mol. The Bertz CT molecular complexity index is 1490. The van der Waals surface area contributed by atoms with E-state index in [9.17, 15) is 9.90 Å². The highest BCUT2D eigenvalue weighted by atomic mass is 35.5. The fourth-order valence-corrected chi connectivity index (χ4v) is 9.63. The lowest BCUT2D eigenvalue weighted by molar-refractivity contribution is -0.139. The van der Waals surface area contributed by atoms with Crippen LogP contribution in [0.1, 0.15) is 75.1 Å². The number of aliphatic hydroxyl groups is 1. The SMILES string of the molecule is COc1ccc2c(c1)CC(=O)N(c1ccc(C(C)(O)C3C4CC5CC(C4)CC3C5)cc1)[C@]2(OC(C)C)c1ccc(Cl)cc1. The molecule has 2 atom stereocenters. The molecule has 3 aromatic rings. The number of fused-ring (bicyclic) bond motifs is 1. The van der Waals surface area contributed by atoms with Crippen LogP contribution < -0.4 is 9.64 Å². The van der Waals surface area contributed by atoms with Crippen LogP contribution in [0.4, 0.5) is 5.69 Å². The fraction of sp³-hybridized carbons (Fsp3) is 0.486. The van der Waals surface area contributed by atoms with Gasteiger partial charge in [0.1, 0.15) is 5.75 Å². The summed E-state index contributed by atoms with van der Waals surface area (Å²) in [6.45, 7) is 6.00. The number of hydrogen-bond acceptors (Lipinski definition) is 4. The lowest BCUT2D eigenvalue weighted by atomic mass is 9.48. The van der Waals surface area contributed by atoms with Gasteiger partial charge in [-0.3, -0.25) is 9.69 Å². The Labute approximate surface area is 260 Å². The molecule has 5 aliphatic rings. The molecule has 4 fully saturated rings. The third kappa shape index (κ3) is 4.70. The largest absolute Gasteiger partial charge is 0.497 e. The first-order valence-electron chi connectivity index (χ1n) is 15.9. The van der Waals surface area contributed by atoms with E-state index in [-0.39, 0.29) is 24.3 Å². The molecule has 5 nitrogen and oxygen atoms in total. The smallest absolute Gasteiger partial charge is 0.234 e. The maximum absolute atomic E-state index is 14.2. The third-order valence-electron chi connectivity index (χ3n) is 10.8. The van der Waals surface area contributed by atoms with Crippen LogP contribution in [0.15, 0.2) is 66.7 Å². The highest BCUT2D eigenvalue weighted by molar-refractivity contribution is 6.30. The zero-order chi connectivity index (χ0) is 30.1. The van der Waals surface area contributed by atoms with Gasteiger partial charge in [0.05, 0.1) is 25.2 Å². The summed E-state index contributed by atoms with van der Waals surface area (Å²) in [6.07, 6.45) is 6.45. The van der Waals surface area contributed by atoms with E-state index >= 15 is 0 Å². The van der Waals surface area contributed by atoms with E-state index in [2.05, 4.69) is 0 Å². The Morgan fingerprint density at radius 1 is 0.930 bits per heavy atom. The average Bonchev–Trinajstić information content (AvgIpc) is 2.96. The molecule has 0 aromatic heterocycles.